The number of imidazole rings is 1. The van der Waals surface area contributed by atoms with Crippen LogP contribution in [-0.2, 0) is 7.05 Å². The summed E-state index contributed by atoms with van der Waals surface area (Å²) in [6.07, 6.45) is 0. The summed E-state index contributed by atoms with van der Waals surface area (Å²) >= 11 is 0. The summed E-state index contributed by atoms with van der Waals surface area (Å²) in [6, 6.07) is 5.76. The van der Waals surface area contributed by atoms with Gasteiger partial charge in [0.2, 0.25) is 0 Å². The van der Waals surface area contributed by atoms with Gasteiger partial charge in [0.1, 0.15) is 11.3 Å². The summed E-state index contributed by atoms with van der Waals surface area (Å²) in [7, 11) is 3.39. The van der Waals surface area contributed by atoms with E-state index in [4.69, 9.17) is 4.74 Å². The molecule has 0 unspecified atom stereocenters. The number of methoxy groups -OCH3 is 1. The van der Waals surface area contributed by atoms with Crippen LogP contribution >= 0.6 is 0 Å². The molecule has 1 N–H and O–H groups in total. The highest BCUT2D eigenvalue weighted by molar-refractivity contribution is 5.82. The van der Waals surface area contributed by atoms with Crippen molar-refractivity contribution >= 4 is 11.0 Å². The van der Waals surface area contributed by atoms with Gasteiger partial charge in [0, 0.05) is 7.05 Å². The summed E-state index contributed by atoms with van der Waals surface area (Å²) in [5.41, 5.74) is 1.43. The Morgan fingerprint density at radius 2 is 2.23 bits per heavy atom. The van der Waals surface area contributed by atoms with E-state index in [1.807, 2.05) is 13.1 Å². The molecule has 0 aliphatic rings. The highest BCUT2D eigenvalue weighted by Crippen LogP contribution is 2.26. The molecular weight excluding hydrogens is 168 g/mol. The van der Waals surface area contributed by atoms with E-state index >= 15 is 0 Å². The van der Waals surface area contributed by atoms with Crippen LogP contribution in [0.5, 0.6) is 11.8 Å². The van der Waals surface area contributed by atoms with Crippen LogP contribution in [0.4, 0.5) is 0 Å². The topological polar surface area (TPSA) is 47.3 Å². The van der Waals surface area contributed by atoms with E-state index in [-0.39, 0.29) is 5.75 Å². The molecule has 1 heterocycles. The number of hydrogen-bond donors (Lipinski definition) is 1. The van der Waals surface area contributed by atoms with Gasteiger partial charge in [-0.3, -0.25) is 4.57 Å². The number of aromatic hydroxyl groups is 1. The Balaban J connectivity index is 2.83. The molecule has 0 spiro atoms. The number of aromatic nitrogens is 2. The highest BCUT2D eigenvalue weighted by atomic mass is 16.5. The van der Waals surface area contributed by atoms with Gasteiger partial charge >= 0.3 is 0 Å². The second-order valence-corrected chi connectivity index (χ2v) is 2.80. The van der Waals surface area contributed by atoms with Crippen LogP contribution in [0.3, 0.4) is 0 Å². The average molecular weight is 178 g/mol. The molecule has 0 amide bonds. The molecule has 4 nitrogen and oxygen atoms in total. The Bertz CT molecular complexity index is 448. The van der Waals surface area contributed by atoms with E-state index in [0.29, 0.717) is 11.5 Å². The Morgan fingerprint density at radius 1 is 1.46 bits per heavy atom. The molecule has 0 bridgehead atoms. The number of fused-ring (bicyclic) bond motifs is 1. The molecule has 68 valence electrons. The first-order valence-electron chi connectivity index (χ1n) is 3.92. The van der Waals surface area contributed by atoms with Crippen LogP contribution < -0.4 is 4.74 Å². The molecule has 0 saturated heterocycles. The second kappa shape index (κ2) is 2.65. The van der Waals surface area contributed by atoms with Gasteiger partial charge in [-0.2, -0.15) is 4.98 Å². The van der Waals surface area contributed by atoms with Crippen molar-refractivity contribution < 1.29 is 9.84 Å². The fraction of sp³-hybridized carbons (Fsp3) is 0.222. The summed E-state index contributed by atoms with van der Waals surface area (Å²) < 4.78 is 6.81. The molecule has 0 fully saturated rings. The molecule has 1 aromatic heterocycles. The quantitative estimate of drug-likeness (QED) is 0.715. The fourth-order valence-corrected chi connectivity index (χ4v) is 1.36. The molecule has 2 aromatic rings. The van der Waals surface area contributed by atoms with Gasteiger partial charge in [-0.05, 0) is 12.1 Å². The molecule has 13 heavy (non-hydrogen) atoms. The molecular formula is C9H10N2O2. The first-order chi connectivity index (χ1) is 6.24. The third-order valence-electron chi connectivity index (χ3n) is 2.03. The molecule has 0 aliphatic heterocycles. The Morgan fingerprint density at radius 3 is 2.85 bits per heavy atom. The fourth-order valence-electron chi connectivity index (χ4n) is 1.36. The number of phenols is 1. The predicted molar refractivity (Wildman–Crippen MR) is 48.9 cm³/mol. The number of hydrogen-bond acceptors (Lipinski definition) is 3. The maximum Gasteiger partial charge on any atom is 0.296 e. The smallest absolute Gasteiger partial charge is 0.296 e. The lowest BCUT2D eigenvalue weighted by Gasteiger charge is -1.97. The third kappa shape index (κ3) is 1.02. The molecule has 0 aliphatic carbocycles. The van der Waals surface area contributed by atoms with Gasteiger partial charge in [0.05, 0.1) is 12.6 Å². The number of ether oxygens (including phenoxy) is 1. The lowest BCUT2D eigenvalue weighted by Crippen LogP contribution is -1.93. The lowest BCUT2D eigenvalue weighted by molar-refractivity contribution is 0.368. The minimum Gasteiger partial charge on any atom is -0.506 e. The van der Waals surface area contributed by atoms with E-state index in [0.717, 1.165) is 5.52 Å². The van der Waals surface area contributed by atoms with Crippen LogP contribution in [0.2, 0.25) is 0 Å². The average Bonchev–Trinajstić information content (AvgIpc) is 2.45. The summed E-state index contributed by atoms with van der Waals surface area (Å²) in [4.78, 5) is 4.12. The van der Waals surface area contributed by atoms with Gasteiger partial charge in [-0.15, -0.1) is 0 Å². The number of phenolic OH excluding ortho intramolecular Hbond substituents is 1. The standard InChI is InChI=1S/C9H10N2O2/c1-11-6-4-3-5-7(12)8(6)10-9(11)13-2/h3-5,12H,1-2H3. The Kier molecular flexibility index (Phi) is 1.62. The van der Waals surface area contributed by atoms with E-state index < -0.39 is 0 Å². The predicted octanol–water partition coefficient (Wildman–Crippen LogP) is 1.29. The van der Waals surface area contributed by atoms with Crippen LogP contribution in [0.1, 0.15) is 0 Å². The molecule has 0 radical (unpaired) electrons. The van der Waals surface area contributed by atoms with Crippen molar-refractivity contribution in [3.8, 4) is 11.8 Å². The number of para-hydroxylation sites is 1. The SMILES string of the molecule is COc1nc2c(O)cccc2n1C. The zero-order chi connectivity index (χ0) is 9.42. The summed E-state index contributed by atoms with van der Waals surface area (Å²) in [5, 5.41) is 9.47. The first-order valence-corrected chi connectivity index (χ1v) is 3.92. The van der Waals surface area contributed by atoms with Crippen molar-refractivity contribution in [1.82, 2.24) is 9.55 Å². The van der Waals surface area contributed by atoms with Gasteiger partial charge < -0.3 is 9.84 Å². The Hall–Kier alpha value is -1.71. The summed E-state index contributed by atoms with van der Waals surface area (Å²) in [5.74, 6) is 0.177. The maximum atomic E-state index is 9.47. The van der Waals surface area contributed by atoms with E-state index in [2.05, 4.69) is 4.98 Å². The normalized spacial score (nSPS) is 10.6. The van der Waals surface area contributed by atoms with Crippen LogP contribution in [0, 0.1) is 0 Å². The summed E-state index contributed by atoms with van der Waals surface area (Å²) in [6.45, 7) is 0. The third-order valence-corrected chi connectivity index (χ3v) is 2.03. The number of aryl methyl sites for hydroxylation is 1. The number of rotatable bonds is 1. The van der Waals surface area contributed by atoms with Crippen LogP contribution in [-0.4, -0.2) is 21.8 Å². The first kappa shape index (κ1) is 7.91. The largest absolute Gasteiger partial charge is 0.506 e. The van der Waals surface area contributed by atoms with E-state index in [9.17, 15) is 5.11 Å². The van der Waals surface area contributed by atoms with Gasteiger partial charge in [0.25, 0.3) is 6.01 Å². The van der Waals surface area contributed by atoms with Gasteiger partial charge in [0.15, 0.2) is 0 Å². The molecule has 2 rings (SSSR count). The minimum absolute atomic E-state index is 0.177. The molecule has 4 heteroatoms. The van der Waals surface area contributed by atoms with Crippen LogP contribution in [0.15, 0.2) is 18.2 Å². The number of benzene rings is 1. The minimum atomic E-state index is 0.177. The van der Waals surface area contributed by atoms with Crippen LogP contribution in [0.25, 0.3) is 11.0 Å². The highest BCUT2D eigenvalue weighted by Gasteiger charge is 2.09. The zero-order valence-electron chi connectivity index (χ0n) is 7.48. The van der Waals surface area contributed by atoms with Crippen molar-refractivity contribution in [2.24, 2.45) is 7.05 Å². The molecule has 1 aromatic carbocycles. The lowest BCUT2D eigenvalue weighted by atomic mass is 10.3. The van der Waals surface area contributed by atoms with Crippen molar-refractivity contribution in [3.63, 3.8) is 0 Å². The second-order valence-electron chi connectivity index (χ2n) is 2.80. The number of nitrogens with zero attached hydrogens (tertiary/aromatic N) is 2. The zero-order valence-corrected chi connectivity index (χ0v) is 7.48. The van der Waals surface area contributed by atoms with E-state index in [1.165, 1.54) is 0 Å². The van der Waals surface area contributed by atoms with Gasteiger partial charge in [-0.25, -0.2) is 0 Å². The monoisotopic (exact) mass is 178 g/mol. The van der Waals surface area contributed by atoms with Crippen molar-refractivity contribution in [2.75, 3.05) is 7.11 Å². The Labute approximate surface area is 75.4 Å². The van der Waals surface area contributed by atoms with Crippen molar-refractivity contribution in [1.29, 1.82) is 0 Å². The molecule has 0 atom stereocenters. The van der Waals surface area contributed by atoms with E-state index in [1.54, 1.807) is 23.8 Å². The molecule has 0 saturated carbocycles. The van der Waals surface area contributed by atoms with Crippen molar-refractivity contribution in [2.45, 2.75) is 0 Å². The maximum absolute atomic E-state index is 9.47. The van der Waals surface area contributed by atoms with Crippen molar-refractivity contribution in [3.05, 3.63) is 18.2 Å². The van der Waals surface area contributed by atoms with Gasteiger partial charge in [-0.1, -0.05) is 6.07 Å².